The monoisotopic (exact) mass is 329 g/mol. The second-order valence-corrected chi connectivity index (χ2v) is 6.12. The van der Waals surface area contributed by atoms with Crippen LogP contribution < -0.4 is 9.13 Å². The maximum atomic E-state index is 5.70. The first kappa shape index (κ1) is 15.6. The van der Waals surface area contributed by atoms with Crippen molar-refractivity contribution in [2.45, 2.75) is 13.1 Å². The average molecular weight is 329 g/mol. The Labute approximate surface area is 147 Å². The fourth-order valence-electron chi connectivity index (χ4n) is 2.99. The highest BCUT2D eigenvalue weighted by Gasteiger charge is 2.11. The van der Waals surface area contributed by atoms with E-state index in [1.165, 1.54) is 21.5 Å². The van der Waals surface area contributed by atoms with Crippen LogP contribution in [0.2, 0.25) is 0 Å². The summed E-state index contributed by atoms with van der Waals surface area (Å²) in [6.45, 7) is 4.12. The third kappa shape index (κ3) is 3.78. The van der Waals surface area contributed by atoms with Crippen molar-refractivity contribution in [2.24, 2.45) is 0 Å². The number of hydrogen-bond donors (Lipinski definition) is 0. The minimum Gasteiger partial charge on any atom is -0.202 e. The van der Waals surface area contributed by atoms with Crippen LogP contribution in [0.4, 0.5) is 0 Å². The summed E-state index contributed by atoms with van der Waals surface area (Å²) in [5.74, 6) is 0. The molecule has 0 radical (unpaired) electrons. The lowest BCUT2D eigenvalue weighted by atomic mass is 10.2. The van der Waals surface area contributed by atoms with Gasteiger partial charge in [0.25, 0.3) is 6.61 Å². The molecule has 0 N–H and O–H groups in total. The maximum Gasteiger partial charge on any atom is 0.311 e. The van der Waals surface area contributed by atoms with Gasteiger partial charge in [0.1, 0.15) is 0 Å². The SMILES string of the molecule is c1ccc2c[n+](C[CH+]OCC[n+]3ccc4ccccc4c3)ccc2c1. The van der Waals surface area contributed by atoms with Crippen molar-refractivity contribution >= 4 is 21.5 Å². The molecule has 3 heteroatoms. The van der Waals surface area contributed by atoms with E-state index in [-0.39, 0.29) is 0 Å². The van der Waals surface area contributed by atoms with E-state index < -0.39 is 0 Å². The lowest BCUT2D eigenvalue weighted by Crippen LogP contribution is -2.36. The van der Waals surface area contributed by atoms with Gasteiger partial charge in [0.05, 0.1) is 0 Å². The number of benzene rings is 2. The van der Waals surface area contributed by atoms with Crippen molar-refractivity contribution in [1.82, 2.24) is 0 Å². The number of ether oxygens (including phenoxy) is 1. The predicted octanol–water partition coefficient (Wildman–Crippen LogP) is 3.45. The molecule has 25 heavy (non-hydrogen) atoms. The minimum absolute atomic E-state index is 0.664. The van der Waals surface area contributed by atoms with E-state index in [4.69, 9.17) is 4.74 Å². The molecule has 0 atom stereocenters. The summed E-state index contributed by atoms with van der Waals surface area (Å²) in [4.78, 5) is 0. The van der Waals surface area contributed by atoms with Gasteiger partial charge in [0.15, 0.2) is 37.9 Å². The van der Waals surface area contributed by atoms with E-state index in [0.717, 1.165) is 13.1 Å². The van der Waals surface area contributed by atoms with Crippen molar-refractivity contribution in [2.75, 3.05) is 6.61 Å². The summed E-state index contributed by atoms with van der Waals surface area (Å²) in [5, 5.41) is 5.01. The zero-order valence-corrected chi connectivity index (χ0v) is 14.1. The lowest BCUT2D eigenvalue weighted by molar-refractivity contribution is -0.700. The molecule has 4 aromatic rings. The number of hydrogen-bond acceptors (Lipinski definition) is 1. The molecule has 0 saturated carbocycles. The Morgan fingerprint density at radius 2 is 1.24 bits per heavy atom. The highest BCUT2D eigenvalue weighted by Crippen LogP contribution is 2.10. The Hall–Kier alpha value is -2.91. The van der Waals surface area contributed by atoms with Gasteiger partial charge in [-0.25, -0.2) is 4.57 Å². The molecule has 0 spiro atoms. The Morgan fingerprint density at radius 1 is 0.680 bits per heavy atom. The molecule has 0 fully saturated rings. The Kier molecular flexibility index (Phi) is 4.57. The van der Waals surface area contributed by atoms with Crippen LogP contribution in [0.3, 0.4) is 0 Å². The van der Waals surface area contributed by atoms with E-state index in [0.29, 0.717) is 6.61 Å². The highest BCUT2D eigenvalue weighted by molar-refractivity contribution is 5.80. The van der Waals surface area contributed by atoms with Gasteiger partial charge < -0.3 is 0 Å². The number of aromatic nitrogens is 2. The smallest absolute Gasteiger partial charge is 0.202 e. The molecule has 0 aliphatic carbocycles. The van der Waals surface area contributed by atoms with Gasteiger partial charge in [0, 0.05) is 22.9 Å². The van der Waals surface area contributed by atoms with Crippen LogP contribution in [0.1, 0.15) is 0 Å². The Morgan fingerprint density at radius 3 is 1.92 bits per heavy atom. The summed E-state index contributed by atoms with van der Waals surface area (Å²) in [5.41, 5.74) is 0. The molecule has 0 aliphatic heterocycles. The van der Waals surface area contributed by atoms with Crippen molar-refractivity contribution < 1.29 is 13.9 Å². The van der Waals surface area contributed by atoms with Crippen molar-refractivity contribution in [1.29, 1.82) is 0 Å². The third-order valence-electron chi connectivity index (χ3n) is 4.36. The molecule has 0 aliphatic rings. The largest absolute Gasteiger partial charge is 0.311 e. The normalized spacial score (nSPS) is 11.0. The lowest BCUT2D eigenvalue weighted by Gasteiger charge is -1.98. The van der Waals surface area contributed by atoms with Crippen LogP contribution in [0.15, 0.2) is 85.5 Å². The van der Waals surface area contributed by atoms with E-state index in [1.807, 2.05) is 6.61 Å². The van der Waals surface area contributed by atoms with Crippen molar-refractivity contribution in [3.63, 3.8) is 0 Å². The van der Waals surface area contributed by atoms with Crippen LogP contribution in [-0.4, -0.2) is 6.61 Å². The zero-order chi connectivity index (χ0) is 16.9. The van der Waals surface area contributed by atoms with Gasteiger partial charge in [0.2, 0.25) is 0 Å². The van der Waals surface area contributed by atoms with E-state index in [9.17, 15) is 0 Å². The Bertz CT molecular complexity index is 916. The summed E-state index contributed by atoms with van der Waals surface area (Å²) >= 11 is 0. The molecule has 0 saturated heterocycles. The average Bonchev–Trinajstić information content (AvgIpc) is 2.67. The van der Waals surface area contributed by atoms with Gasteiger partial charge in [-0.05, 0) is 22.9 Å². The first-order valence-electron chi connectivity index (χ1n) is 8.57. The maximum absolute atomic E-state index is 5.70. The molecule has 4 rings (SSSR count). The van der Waals surface area contributed by atoms with E-state index in [1.54, 1.807) is 0 Å². The topological polar surface area (TPSA) is 17.0 Å². The highest BCUT2D eigenvalue weighted by atomic mass is 16.5. The molecule has 0 bridgehead atoms. The first-order chi connectivity index (χ1) is 12.4. The predicted molar refractivity (Wildman–Crippen MR) is 98.5 cm³/mol. The first-order valence-corrected chi connectivity index (χ1v) is 8.57. The number of nitrogens with zero attached hydrogens (tertiary/aromatic N) is 2. The summed E-state index contributed by atoms with van der Waals surface area (Å²) in [6, 6.07) is 21.1. The van der Waals surface area contributed by atoms with Gasteiger partial charge in [-0.3, -0.25) is 0 Å². The van der Waals surface area contributed by atoms with Crippen LogP contribution in [0.25, 0.3) is 21.5 Å². The van der Waals surface area contributed by atoms with Crippen LogP contribution in [0.5, 0.6) is 0 Å². The summed E-state index contributed by atoms with van der Waals surface area (Å²) in [6.07, 6.45) is 8.49. The van der Waals surface area contributed by atoms with Crippen molar-refractivity contribution in [3.8, 4) is 0 Å². The van der Waals surface area contributed by atoms with Gasteiger partial charge in [-0.2, -0.15) is 9.30 Å². The summed E-state index contributed by atoms with van der Waals surface area (Å²) < 4.78 is 10.00. The fourth-order valence-corrected chi connectivity index (χ4v) is 2.99. The Balaban J connectivity index is 1.28. The number of rotatable bonds is 6. The standard InChI is InChI=1S/C22H21N2O/c1-3-7-21-17-23(11-9-19(21)5-1)13-15-25-16-14-24-12-10-20-6-2-4-8-22(20)18-24/h1-12,15,17-18H,13-14,16H2/q+3. The molecule has 0 amide bonds. The van der Waals surface area contributed by atoms with Gasteiger partial charge in [-0.15, -0.1) is 0 Å². The molecular formula is C22H21N2O+3. The molecule has 2 aromatic carbocycles. The van der Waals surface area contributed by atoms with E-state index >= 15 is 0 Å². The van der Waals surface area contributed by atoms with Gasteiger partial charge in [-0.1, -0.05) is 36.4 Å². The van der Waals surface area contributed by atoms with E-state index in [2.05, 4.69) is 94.6 Å². The zero-order valence-electron chi connectivity index (χ0n) is 14.1. The second-order valence-electron chi connectivity index (χ2n) is 6.12. The summed E-state index contributed by atoms with van der Waals surface area (Å²) in [7, 11) is 0. The molecule has 122 valence electrons. The van der Waals surface area contributed by atoms with Crippen LogP contribution in [0, 0.1) is 6.61 Å². The van der Waals surface area contributed by atoms with Gasteiger partial charge >= 0.3 is 6.54 Å². The fraction of sp³-hybridized carbons (Fsp3) is 0.136. The molecular weight excluding hydrogens is 308 g/mol. The molecule has 0 unspecified atom stereocenters. The molecule has 2 aromatic heterocycles. The van der Waals surface area contributed by atoms with Crippen molar-refractivity contribution in [3.05, 3.63) is 92.1 Å². The minimum atomic E-state index is 0.664. The second kappa shape index (κ2) is 7.32. The quantitative estimate of drug-likeness (QED) is 0.301. The van der Waals surface area contributed by atoms with Crippen LogP contribution in [-0.2, 0) is 17.8 Å². The molecule has 3 nitrogen and oxygen atoms in total. The number of pyridine rings is 2. The van der Waals surface area contributed by atoms with Crippen LogP contribution >= 0.6 is 0 Å². The third-order valence-corrected chi connectivity index (χ3v) is 4.36. The number of fused-ring (bicyclic) bond motifs is 2. The molecule has 2 heterocycles.